The smallest absolute Gasteiger partial charge is 0.00189 e. The van der Waals surface area contributed by atoms with Crippen LogP contribution >= 0.6 is 0 Å². The van der Waals surface area contributed by atoms with Crippen LogP contribution in [-0.2, 0) is 0 Å². The Kier molecular flexibility index (Phi) is 28.2. The zero-order valence-corrected chi connectivity index (χ0v) is 24.1. The highest BCUT2D eigenvalue weighted by atomic mass is 15.1. The molecule has 0 aromatic carbocycles. The first-order valence-corrected chi connectivity index (χ1v) is 16.0. The highest BCUT2D eigenvalue weighted by Gasteiger charge is 2.07. The van der Waals surface area contributed by atoms with E-state index in [4.69, 9.17) is 0 Å². The summed E-state index contributed by atoms with van der Waals surface area (Å²) in [7, 11) is 0. The fourth-order valence-electron chi connectivity index (χ4n) is 5.32. The summed E-state index contributed by atoms with van der Waals surface area (Å²) in [6, 6.07) is 0. The van der Waals surface area contributed by atoms with Gasteiger partial charge in [0, 0.05) is 0 Å². The standard InChI is InChI=1S/C32H67N/c1-5-9-11-13-15-16-17-18-19-20-21-23-26-30-33(8-4)31-27-25-29-32(7-3)28-24-22-14-12-10-6-2/h32H,5-31H2,1-4H3. The van der Waals surface area contributed by atoms with Crippen molar-refractivity contribution in [1.82, 2.24) is 4.90 Å². The molecule has 0 fully saturated rings. The third-order valence-electron chi connectivity index (χ3n) is 7.91. The fraction of sp³-hybridized carbons (Fsp3) is 1.00. The van der Waals surface area contributed by atoms with Crippen molar-refractivity contribution in [3.8, 4) is 0 Å². The minimum absolute atomic E-state index is 0.993. The van der Waals surface area contributed by atoms with Gasteiger partial charge in [0.2, 0.25) is 0 Å². The number of nitrogens with zero attached hydrogens (tertiary/aromatic N) is 1. The summed E-state index contributed by atoms with van der Waals surface area (Å²) in [4.78, 5) is 2.72. The summed E-state index contributed by atoms with van der Waals surface area (Å²) < 4.78 is 0. The summed E-state index contributed by atoms with van der Waals surface area (Å²) in [5, 5.41) is 0. The minimum atomic E-state index is 0.993. The van der Waals surface area contributed by atoms with Crippen molar-refractivity contribution in [1.29, 1.82) is 0 Å². The van der Waals surface area contributed by atoms with Gasteiger partial charge in [-0.05, 0) is 38.4 Å². The van der Waals surface area contributed by atoms with Gasteiger partial charge in [-0.2, -0.15) is 0 Å². The van der Waals surface area contributed by atoms with Crippen LogP contribution in [0.25, 0.3) is 0 Å². The van der Waals surface area contributed by atoms with Crippen LogP contribution in [0.5, 0.6) is 0 Å². The van der Waals surface area contributed by atoms with E-state index < -0.39 is 0 Å². The quantitative estimate of drug-likeness (QED) is 0.104. The highest BCUT2D eigenvalue weighted by molar-refractivity contribution is 4.62. The number of unbranched alkanes of at least 4 members (excludes halogenated alkanes) is 18. The zero-order valence-electron chi connectivity index (χ0n) is 24.1. The Bertz CT molecular complexity index is 339. The van der Waals surface area contributed by atoms with E-state index in [0.717, 1.165) is 5.92 Å². The molecule has 0 heterocycles. The average molecular weight is 466 g/mol. The Hall–Kier alpha value is -0.0400. The Balaban J connectivity index is 3.49. The monoisotopic (exact) mass is 466 g/mol. The lowest BCUT2D eigenvalue weighted by atomic mass is 9.93. The molecule has 0 saturated carbocycles. The van der Waals surface area contributed by atoms with Crippen LogP contribution < -0.4 is 0 Å². The number of rotatable bonds is 28. The van der Waals surface area contributed by atoms with Crippen LogP contribution in [0.1, 0.15) is 182 Å². The van der Waals surface area contributed by atoms with Gasteiger partial charge in [0.25, 0.3) is 0 Å². The van der Waals surface area contributed by atoms with Gasteiger partial charge in [-0.15, -0.1) is 0 Å². The van der Waals surface area contributed by atoms with Crippen molar-refractivity contribution in [3.63, 3.8) is 0 Å². The van der Waals surface area contributed by atoms with Crippen molar-refractivity contribution in [2.75, 3.05) is 19.6 Å². The molecule has 200 valence electrons. The third kappa shape index (κ3) is 24.9. The summed E-state index contributed by atoms with van der Waals surface area (Å²) in [6.45, 7) is 13.3. The third-order valence-corrected chi connectivity index (χ3v) is 7.91. The van der Waals surface area contributed by atoms with Crippen LogP contribution in [0, 0.1) is 5.92 Å². The van der Waals surface area contributed by atoms with Crippen LogP contribution in [0.3, 0.4) is 0 Å². The fourth-order valence-corrected chi connectivity index (χ4v) is 5.32. The van der Waals surface area contributed by atoms with Crippen molar-refractivity contribution in [2.24, 2.45) is 5.92 Å². The van der Waals surface area contributed by atoms with E-state index in [-0.39, 0.29) is 0 Å². The summed E-state index contributed by atoms with van der Waals surface area (Å²) in [5.41, 5.74) is 0. The van der Waals surface area contributed by atoms with Crippen molar-refractivity contribution >= 4 is 0 Å². The summed E-state index contributed by atoms with van der Waals surface area (Å²) >= 11 is 0. The molecule has 1 atom stereocenters. The second kappa shape index (κ2) is 28.2. The SMILES string of the molecule is CCCCCCCCCCCCCCCN(CC)CCCCC(CC)CCCCCCCC. The molecule has 0 amide bonds. The first-order chi connectivity index (χ1) is 16.3. The van der Waals surface area contributed by atoms with Gasteiger partial charge in [-0.3, -0.25) is 0 Å². The maximum Gasteiger partial charge on any atom is -0.00189 e. The molecule has 0 aliphatic carbocycles. The Morgan fingerprint density at radius 3 is 1.12 bits per heavy atom. The molecular weight excluding hydrogens is 398 g/mol. The lowest BCUT2D eigenvalue weighted by molar-refractivity contribution is 0.268. The van der Waals surface area contributed by atoms with E-state index in [0.29, 0.717) is 0 Å². The maximum absolute atomic E-state index is 2.72. The molecule has 0 aliphatic heterocycles. The van der Waals surface area contributed by atoms with E-state index in [2.05, 4.69) is 32.6 Å². The number of hydrogen-bond acceptors (Lipinski definition) is 1. The minimum Gasteiger partial charge on any atom is -0.304 e. The molecule has 33 heavy (non-hydrogen) atoms. The Morgan fingerprint density at radius 2 is 0.727 bits per heavy atom. The van der Waals surface area contributed by atoms with E-state index in [1.807, 2.05) is 0 Å². The van der Waals surface area contributed by atoms with Gasteiger partial charge in [0.1, 0.15) is 0 Å². The molecule has 0 radical (unpaired) electrons. The van der Waals surface area contributed by atoms with Crippen LogP contribution in [-0.4, -0.2) is 24.5 Å². The molecule has 0 N–H and O–H groups in total. The molecule has 0 rings (SSSR count). The predicted molar refractivity (Wildman–Crippen MR) is 153 cm³/mol. The molecule has 0 bridgehead atoms. The van der Waals surface area contributed by atoms with Gasteiger partial charge >= 0.3 is 0 Å². The summed E-state index contributed by atoms with van der Waals surface area (Å²) in [6.07, 6.45) is 34.8. The highest BCUT2D eigenvalue weighted by Crippen LogP contribution is 2.21. The molecule has 0 aliphatic rings. The lowest BCUT2D eigenvalue weighted by Crippen LogP contribution is -2.25. The molecule has 0 spiro atoms. The van der Waals surface area contributed by atoms with Gasteiger partial charge in [0.05, 0.1) is 0 Å². The van der Waals surface area contributed by atoms with Crippen LogP contribution in [0.4, 0.5) is 0 Å². The average Bonchev–Trinajstić information content (AvgIpc) is 2.84. The van der Waals surface area contributed by atoms with E-state index in [1.165, 1.54) is 174 Å². The van der Waals surface area contributed by atoms with Gasteiger partial charge in [-0.25, -0.2) is 0 Å². The van der Waals surface area contributed by atoms with Gasteiger partial charge < -0.3 is 4.90 Å². The molecule has 0 aromatic rings. The predicted octanol–water partition coefficient (Wildman–Crippen LogP) is 11.3. The topological polar surface area (TPSA) is 3.24 Å². The van der Waals surface area contributed by atoms with E-state index >= 15 is 0 Å². The molecular formula is C32H67N. The molecule has 0 saturated heterocycles. The number of hydrogen-bond donors (Lipinski definition) is 0. The summed E-state index contributed by atoms with van der Waals surface area (Å²) in [5.74, 6) is 0.993. The van der Waals surface area contributed by atoms with Gasteiger partial charge in [0.15, 0.2) is 0 Å². The largest absolute Gasteiger partial charge is 0.304 e. The van der Waals surface area contributed by atoms with Gasteiger partial charge in [-0.1, -0.05) is 169 Å². The van der Waals surface area contributed by atoms with E-state index in [9.17, 15) is 0 Å². The Morgan fingerprint density at radius 1 is 0.394 bits per heavy atom. The van der Waals surface area contributed by atoms with E-state index in [1.54, 1.807) is 0 Å². The molecule has 1 heteroatoms. The lowest BCUT2D eigenvalue weighted by Gasteiger charge is -2.21. The second-order valence-electron chi connectivity index (χ2n) is 11.0. The van der Waals surface area contributed by atoms with Crippen LogP contribution in [0.2, 0.25) is 0 Å². The first-order valence-electron chi connectivity index (χ1n) is 16.0. The first kappa shape index (κ1) is 33.0. The molecule has 1 unspecified atom stereocenters. The van der Waals surface area contributed by atoms with Crippen LogP contribution in [0.15, 0.2) is 0 Å². The second-order valence-corrected chi connectivity index (χ2v) is 11.0. The molecule has 0 aromatic heterocycles. The Labute approximate surface area is 212 Å². The van der Waals surface area contributed by atoms with Crippen molar-refractivity contribution < 1.29 is 0 Å². The van der Waals surface area contributed by atoms with Crippen molar-refractivity contribution in [3.05, 3.63) is 0 Å². The van der Waals surface area contributed by atoms with Crippen molar-refractivity contribution in [2.45, 2.75) is 182 Å². The zero-order chi connectivity index (χ0) is 24.2. The molecule has 1 nitrogen and oxygen atoms in total. The normalized spacial score (nSPS) is 12.6. The maximum atomic E-state index is 2.72.